The predicted molar refractivity (Wildman–Crippen MR) is 35.3 cm³/mol. The molecule has 0 amide bonds. The van der Waals surface area contributed by atoms with Crippen molar-refractivity contribution in [3.8, 4) is 5.40 Å². The van der Waals surface area contributed by atoms with Gasteiger partial charge < -0.3 is 4.84 Å². The minimum absolute atomic E-state index is 0.733. The number of hydrogen-bond acceptors (Lipinski definition) is 4. The van der Waals surface area contributed by atoms with Crippen LogP contribution in [0.1, 0.15) is 6.92 Å². The van der Waals surface area contributed by atoms with Crippen molar-refractivity contribution in [2.45, 2.75) is 6.92 Å². The normalized spacial score (nSPS) is 6.25. The van der Waals surface area contributed by atoms with E-state index in [1.165, 1.54) is 5.40 Å². The molecule has 0 aromatic heterocycles. The largest absolute Gasteiger partial charge is 0.302 e. The van der Waals surface area contributed by atoms with Gasteiger partial charge in [-0.3, -0.25) is 0 Å². The lowest BCUT2D eigenvalue weighted by Gasteiger charge is -1.88. The molecule has 0 unspecified atom stereocenters. The topological polar surface area (TPSA) is 45.0 Å². The minimum atomic E-state index is 0.733. The fourth-order valence-corrected chi connectivity index (χ4v) is 0.144. The Bertz CT molecular complexity index is 59.5. The van der Waals surface area contributed by atoms with Crippen molar-refractivity contribution in [3.05, 3.63) is 0 Å². The van der Waals surface area contributed by atoms with Gasteiger partial charge in [0.25, 0.3) is 0 Å². The Morgan fingerprint density at radius 1 is 1.88 bits per heavy atom. The van der Waals surface area contributed by atoms with Gasteiger partial charge in [0, 0.05) is 7.05 Å². The highest BCUT2D eigenvalue weighted by atomic mass is 32.1. The molecule has 48 valence electrons. The van der Waals surface area contributed by atoms with Crippen LogP contribution in [0.2, 0.25) is 0 Å². The highest BCUT2D eigenvalue weighted by Gasteiger charge is 1.61. The molecule has 0 atom stereocenters. The van der Waals surface area contributed by atoms with Gasteiger partial charge in [0.05, 0.1) is 6.61 Å². The van der Waals surface area contributed by atoms with Crippen LogP contribution in [-0.4, -0.2) is 13.7 Å². The number of thiocyanates is 1. The summed E-state index contributed by atoms with van der Waals surface area (Å²) in [7, 11) is 1.74. The second-order valence-electron chi connectivity index (χ2n) is 0.737. The molecule has 0 saturated heterocycles. The molecule has 0 aliphatic rings. The first-order chi connectivity index (χ1) is 3.83. The van der Waals surface area contributed by atoms with Crippen LogP contribution in [-0.2, 0) is 4.84 Å². The summed E-state index contributed by atoms with van der Waals surface area (Å²) in [4.78, 5) is 4.58. The van der Waals surface area contributed by atoms with Crippen LogP contribution in [0, 0.1) is 10.7 Å². The fraction of sp³-hybridized carbons (Fsp3) is 0.750. The quantitative estimate of drug-likeness (QED) is 0.329. The van der Waals surface area contributed by atoms with Gasteiger partial charge in [-0.1, -0.05) is 12.6 Å². The zero-order chi connectivity index (χ0) is 6.83. The highest BCUT2D eigenvalue weighted by molar-refractivity contribution is 7.85. The summed E-state index contributed by atoms with van der Waals surface area (Å²) in [6, 6.07) is 0. The first-order valence-electron chi connectivity index (χ1n) is 2.15. The van der Waals surface area contributed by atoms with Gasteiger partial charge in [-0.15, -0.1) is 0 Å². The van der Waals surface area contributed by atoms with Gasteiger partial charge in [0.15, 0.2) is 0 Å². The third-order valence-electron chi connectivity index (χ3n) is 0.289. The van der Waals surface area contributed by atoms with Gasteiger partial charge in [-0.2, -0.15) is 5.26 Å². The number of hydroxylamine groups is 1. The van der Waals surface area contributed by atoms with E-state index in [0.29, 0.717) is 0 Å². The maximum atomic E-state index is 7.18. The van der Waals surface area contributed by atoms with E-state index in [9.17, 15) is 0 Å². The number of nitriles is 1. The molecule has 0 fully saturated rings. The van der Waals surface area contributed by atoms with Crippen molar-refractivity contribution in [3.63, 3.8) is 0 Å². The molecule has 3 nitrogen and oxygen atoms in total. The van der Waals surface area contributed by atoms with E-state index in [4.69, 9.17) is 5.26 Å². The second-order valence-corrected chi connectivity index (χ2v) is 0.937. The smallest absolute Gasteiger partial charge is 0.130 e. The zero-order valence-corrected chi connectivity index (χ0v) is 5.90. The van der Waals surface area contributed by atoms with Crippen LogP contribution in [0.4, 0.5) is 0 Å². The van der Waals surface area contributed by atoms with E-state index in [1.807, 2.05) is 6.92 Å². The minimum Gasteiger partial charge on any atom is -0.302 e. The molecule has 0 aliphatic carbocycles. The molecule has 0 rings (SSSR count). The number of thiol groups is 1. The number of nitrogens with zero attached hydrogens (tertiary/aromatic N) is 1. The molecule has 0 saturated carbocycles. The molecule has 4 heteroatoms. The molecule has 8 heavy (non-hydrogen) atoms. The Labute approximate surface area is 55.0 Å². The monoisotopic (exact) mass is 134 g/mol. The van der Waals surface area contributed by atoms with Crippen molar-refractivity contribution in [1.82, 2.24) is 5.48 Å². The lowest BCUT2D eigenvalue weighted by Crippen LogP contribution is -2.05. The summed E-state index contributed by atoms with van der Waals surface area (Å²) < 4.78 is 0. The van der Waals surface area contributed by atoms with Gasteiger partial charge in [0.2, 0.25) is 0 Å². The van der Waals surface area contributed by atoms with Gasteiger partial charge in [-0.05, 0) is 6.92 Å². The van der Waals surface area contributed by atoms with Crippen LogP contribution in [0.5, 0.6) is 0 Å². The summed E-state index contributed by atoms with van der Waals surface area (Å²) in [6.07, 6.45) is 0. The average molecular weight is 134 g/mol. The highest BCUT2D eigenvalue weighted by Crippen LogP contribution is 1.53. The SMILES string of the molecule is CCONC.N#CS. The zero-order valence-electron chi connectivity index (χ0n) is 5.01. The van der Waals surface area contributed by atoms with Crippen molar-refractivity contribution >= 4 is 12.6 Å². The van der Waals surface area contributed by atoms with Crippen LogP contribution in [0.3, 0.4) is 0 Å². The van der Waals surface area contributed by atoms with E-state index in [-0.39, 0.29) is 0 Å². The first kappa shape index (κ1) is 10.7. The second kappa shape index (κ2) is 15.9. The summed E-state index contributed by atoms with van der Waals surface area (Å²) in [5.41, 5.74) is 2.52. The van der Waals surface area contributed by atoms with Crippen molar-refractivity contribution < 1.29 is 4.84 Å². The molecular formula is C4H10N2OS. The van der Waals surface area contributed by atoms with Crippen LogP contribution < -0.4 is 5.48 Å². The number of nitrogens with one attached hydrogen (secondary N) is 1. The molecule has 0 aliphatic heterocycles. The van der Waals surface area contributed by atoms with E-state index in [2.05, 4.69) is 22.9 Å². The number of rotatable bonds is 2. The van der Waals surface area contributed by atoms with E-state index < -0.39 is 0 Å². The van der Waals surface area contributed by atoms with Crippen LogP contribution in [0.15, 0.2) is 0 Å². The van der Waals surface area contributed by atoms with Crippen LogP contribution >= 0.6 is 12.6 Å². The lowest BCUT2D eigenvalue weighted by molar-refractivity contribution is 0.0687. The van der Waals surface area contributed by atoms with Gasteiger partial charge >= 0.3 is 0 Å². The summed E-state index contributed by atoms with van der Waals surface area (Å²) in [6.45, 7) is 2.66. The molecule has 0 aromatic rings. The maximum Gasteiger partial charge on any atom is 0.130 e. The Balaban J connectivity index is 0. The van der Waals surface area contributed by atoms with E-state index >= 15 is 0 Å². The Morgan fingerprint density at radius 2 is 2.25 bits per heavy atom. The lowest BCUT2D eigenvalue weighted by atomic mass is 10.9. The molecular weight excluding hydrogens is 124 g/mol. The molecule has 0 aromatic carbocycles. The fourth-order valence-electron chi connectivity index (χ4n) is 0.144. The Hall–Kier alpha value is -0.240. The molecule has 0 spiro atoms. The average Bonchev–Trinajstić information content (AvgIpc) is 1.71. The summed E-state index contributed by atoms with van der Waals surface area (Å²) in [5, 5.41) is 8.63. The first-order valence-corrected chi connectivity index (χ1v) is 2.59. The molecule has 0 heterocycles. The van der Waals surface area contributed by atoms with Crippen molar-refractivity contribution in [2.24, 2.45) is 0 Å². The van der Waals surface area contributed by atoms with Crippen LogP contribution in [0.25, 0.3) is 0 Å². The standard InChI is InChI=1S/C3H9NO.CHNS/c1-3-5-4-2;2-1-3/h4H,3H2,1-2H3;3H. The summed E-state index contributed by atoms with van der Waals surface area (Å²) >= 11 is 3.09. The third kappa shape index (κ3) is 42.1. The van der Waals surface area contributed by atoms with E-state index in [0.717, 1.165) is 6.61 Å². The molecule has 0 bridgehead atoms. The third-order valence-corrected chi connectivity index (χ3v) is 0.289. The van der Waals surface area contributed by atoms with E-state index in [1.54, 1.807) is 7.05 Å². The van der Waals surface area contributed by atoms with Gasteiger partial charge in [-0.25, -0.2) is 5.48 Å². The Morgan fingerprint density at radius 3 is 2.25 bits per heavy atom. The Kier molecular flexibility index (Phi) is 21.2. The summed E-state index contributed by atoms with van der Waals surface area (Å²) in [5.74, 6) is 0. The maximum absolute atomic E-state index is 7.18. The number of hydrogen-bond donors (Lipinski definition) is 2. The predicted octanol–water partition coefficient (Wildman–Crippen LogP) is 0.555. The van der Waals surface area contributed by atoms with Crippen molar-refractivity contribution in [1.29, 1.82) is 5.26 Å². The molecule has 1 N–H and O–H groups in total. The van der Waals surface area contributed by atoms with Gasteiger partial charge in [0.1, 0.15) is 5.40 Å². The van der Waals surface area contributed by atoms with Crippen molar-refractivity contribution in [2.75, 3.05) is 13.7 Å². The molecule has 0 radical (unpaired) electrons.